The molecule has 0 spiro atoms. The molecule has 3 atom stereocenters. The fourth-order valence-electron chi connectivity index (χ4n) is 5.62. The van der Waals surface area contributed by atoms with Crippen LogP contribution in [0.1, 0.15) is 111 Å². The summed E-state index contributed by atoms with van der Waals surface area (Å²) in [7, 11) is 1.62. The predicted octanol–water partition coefficient (Wildman–Crippen LogP) is 7.16. The van der Waals surface area contributed by atoms with Gasteiger partial charge in [0.05, 0.1) is 12.1 Å². The van der Waals surface area contributed by atoms with E-state index >= 15 is 0 Å². The Morgan fingerprint density at radius 2 is 1.43 bits per heavy atom. The van der Waals surface area contributed by atoms with Gasteiger partial charge in [-0.15, -0.1) is 0 Å². The number of nitrogens with zero attached hydrogens (tertiary/aromatic N) is 1. The van der Waals surface area contributed by atoms with Crippen LogP contribution in [-0.2, 0) is 27.2 Å². The van der Waals surface area contributed by atoms with Crippen LogP contribution in [0.4, 0.5) is 4.79 Å². The van der Waals surface area contributed by atoms with Gasteiger partial charge in [-0.25, -0.2) is 4.79 Å². The molecule has 1 aromatic carbocycles. The van der Waals surface area contributed by atoms with E-state index in [1.54, 1.807) is 20.9 Å². The van der Waals surface area contributed by atoms with Crippen LogP contribution in [0.2, 0.25) is 0 Å². The molecule has 2 fully saturated rings. The summed E-state index contributed by atoms with van der Waals surface area (Å²) in [5, 5.41) is 5.72. The zero-order chi connectivity index (χ0) is 35.4. The molecule has 3 aliphatic rings. The Hall–Kier alpha value is -3.42. The Bertz CT molecular complexity index is 1100. The van der Waals surface area contributed by atoms with Gasteiger partial charge in [-0.05, 0) is 68.9 Å². The highest BCUT2D eigenvalue weighted by atomic mass is 16.2. The zero-order valence-electron chi connectivity index (χ0n) is 30.3. The number of urea groups is 1. The second-order valence-corrected chi connectivity index (χ2v) is 12.3. The summed E-state index contributed by atoms with van der Waals surface area (Å²) in [4.78, 5) is 48.1. The van der Waals surface area contributed by atoms with Gasteiger partial charge < -0.3 is 21.3 Å². The summed E-state index contributed by atoms with van der Waals surface area (Å²) < 4.78 is 0. The number of carbonyl (C=O) groups is 4. The number of nitrogens with one attached hydrogen (secondary N) is 2. The van der Waals surface area contributed by atoms with Gasteiger partial charge in [-0.2, -0.15) is 0 Å². The summed E-state index contributed by atoms with van der Waals surface area (Å²) in [5.41, 5.74) is 9.23. The molecule has 260 valence electrons. The third-order valence-corrected chi connectivity index (χ3v) is 7.94. The van der Waals surface area contributed by atoms with E-state index < -0.39 is 11.7 Å². The summed E-state index contributed by atoms with van der Waals surface area (Å²) >= 11 is 0. The molecule has 1 aromatic rings. The standard InChI is InChI=1S/C20H27N3O2.C10H15NO2.2C3H8.C2H6/c1-13(23-10-6-9-18(23)14(2)24)19(22-20(25)21-3)17-11-15-7-4-5-8-16(15)12-17;1-6(2)8(5-7-3-4-7)9(12)10(11)13;2*1-3-2;1-2/h4-5,7-8,17-19H,1,6,9-12H2,2-3H3,(H2,21,22,25);7-8H,1,3-5H2,2H3,(H2,11,13);2*3H2,1-2H3;1-2H3. The lowest BCUT2D eigenvalue weighted by Gasteiger charge is -2.35. The molecule has 8 nitrogen and oxygen atoms in total. The van der Waals surface area contributed by atoms with Crippen molar-refractivity contribution >= 4 is 23.5 Å². The van der Waals surface area contributed by atoms with Gasteiger partial charge in [0, 0.05) is 25.2 Å². The first-order valence-electron chi connectivity index (χ1n) is 17.4. The Morgan fingerprint density at radius 3 is 1.83 bits per heavy atom. The topological polar surface area (TPSA) is 122 Å². The van der Waals surface area contributed by atoms with Crippen LogP contribution in [0, 0.1) is 17.8 Å². The highest BCUT2D eigenvalue weighted by Gasteiger charge is 2.37. The number of benzene rings is 1. The van der Waals surface area contributed by atoms with Gasteiger partial charge in [0.2, 0.25) is 5.78 Å². The molecule has 1 heterocycles. The number of allylic oxidation sites excluding steroid dienone is 1. The second-order valence-electron chi connectivity index (χ2n) is 12.3. The number of primary amides is 1. The fraction of sp³-hybridized carbons (Fsp3) is 0.632. The molecule has 3 amide bonds. The maximum atomic E-state index is 12.0. The molecule has 0 aromatic heterocycles. The molecule has 0 radical (unpaired) electrons. The van der Waals surface area contributed by atoms with E-state index in [1.807, 2.05) is 13.8 Å². The monoisotopic (exact) mass is 640 g/mol. The quantitative estimate of drug-likeness (QED) is 0.185. The number of fused-ring (bicyclic) bond motifs is 1. The van der Waals surface area contributed by atoms with Crippen LogP contribution in [-0.4, -0.2) is 54.1 Å². The van der Waals surface area contributed by atoms with Crippen molar-refractivity contribution in [2.75, 3.05) is 13.6 Å². The van der Waals surface area contributed by atoms with Crippen molar-refractivity contribution in [1.82, 2.24) is 15.5 Å². The summed E-state index contributed by atoms with van der Waals surface area (Å²) in [6.07, 6.45) is 9.26. The summed E-state index contributed by atoms with van der Waals surface area (Å²) in [5.74, 6) is -0.634. The van der Waals surface area contributed by atoms with Gasteiger partial charge in [0.25, 0.3) is 5.91 Å². The smallest absolute Gasteiger partial charge is 0.315 e. The zero-order valence-corrected chi connectivity index (χ0v) is 30.3. The highest BCUT2D eigenvalue weighted by molar-refractivity contribution is 6.36. The van der Waals surface area contributed by atoms with Crippen LogP contribution in [0.15, 0.2) is 48.7 Å². The predicted molar refractivity (Wildman–Crippen MR) is 191 cm³/mol. The van der Waals surface area contributed by atoms with Crippen molar-refractivity contribution in [2.45, 2.75) is 125 Å². The maximum absolute atomic E-state index is 12.0. The van der Waals surface area contributed by atoms with Crippen molar-refractivity contribution in [3.05, 3.63) is 59.8 Å². The lowest BCUT2D eigenvalue weighted by molar-refractivity contribution is -0.137. The molecule has 4 rings (SSSR count). The Labute approximate surface area is 280 Å². The lowest BCUT2D eigenvalue weighted by Crippen LogP contribution is -2.50. The highest BCUT2D eigenvalue weighted by Crippen LogP contribution is 2.37. The molecule has 4 N–H and O–H groups in total. The van der Waals surface area contributed by atoms with Gasteiger partial charge >= 0.3 is 6.03 Å². The number of likely N-dealkylation sites (tertiary alicyclic amines) is 1. The number of nitrogens with two attached hydrogens (primary N) is 1. The molecule has 2 aliphatic carbocycles. The van der Waals surface area contributed by atoms with E-state index in [4.69, 9.17) is 5.73 Å². The molecule has 1 saturated carbocycles. The van der Waals surface area contributed by atoms with E-state index in [0.717, 1.165) is 62.8 Å². The first kappa shape index (κ1) is 42.6. The number of ketones is 2. The molecular formula is C38H64N4O4. The molecule has 3 unspecified atom stereocenters. The van der Waals surface area contributed by atoms with Crippen LogP contribution in [0.25, 0.3) is 0 Å². The Kier molecular flexibility index (Phi) is 21.3. The van der Waals surface area contributed by atoms with Crippen molar-refractivity contribution in [1.29, 1.82) is 0 Å². The van der Waals surface area contributed by atoms with Crippen LogP contribution < -0.4 is 16.4 Å². The first-order valence-corrected chi connectivity index (χ1v) is 17.4. The molecule has 46 heavy (non-hydrogen) atoms. The van der Waals surface area contributed by atoms with Gasteiger partial charge in [-0.1, -0.05) is 110 Å². The number of hydrogen-bond acceptors (Lipinski definition) is 5. The van der Waals surface area contributed by atoms with E-state index in [0.29, 0.717) is 5.92 Å². The molecule has 1 aliphatic heterocycles. The van der Waals surface area contributed by atoms with Crippen molar-refractivity contribution in [3.63, 3.8) is 0 Å². The van der Waals surface area contributed by atoms with Crippen molar-refractivity contribution in [3.8, 4) is 0 Å². The molecule has 1 saturated heterocycles. The average molecular weight is 641 g/mol. The third kappa shape index (κ3) is 14.3. The Balaban J connectivity index is 0.000000808. The second kappa shape index (κ2) is 23.0. The van der Waals surface area contributed by atoms with Crippen LogP contribution in [0.3, 0.4) is 0 Å². The van der Waals surface area contributed by atoms with Gasteiger partial charge in [0.15, 0.2) is 5.78 Å². The van der Waals surface area contributed by atoms with Crippen molar-refractivity contribution < 1.29 is 19.2 Å². The third-order valence-electron chi connectivity index (χ3n) is 7.94. The van der Waals surface area contributed by atoms with Crippen LogP contribution in [0.5, 0.6) is 0 Å². The summed E-state index contributed by atoms with van der Waals surface area (Å²) in [6, 6.07) is 7.94. The van der Waals surface area contributed by atoms with Crippen LogP contribution >= 0.6 is 0 Å². The summed E-state index contributed by atoms with van der Waals surface area (Å²) in [6.45, 7) is 24.7. The minimum atomic E-state index is -0.839. The minimum Gasteiger partial charge on any atom is -0.364 e. The lowest BCUT2D eigenvalue weighted by atomic mass is 9.91. The maximum Gasteiger partial charge on any atom is 0.315 e. The number of hydrogen-bond donors (Lipinski definition) is 3. The number of amides is 3. The first-order chi connectivity index (χ1) is 21.9. The Morgan fingerprint density at radius 1 is 0.935 bits per heavy atom. The number of rotatable bonds is 10. The van der Waals surface area contributed by atoms with Crippen molar-refractivity contribution in [2.24, 2.45) is 23.5 Å². The van der Waals surface area contributed by atoms with Gasteiger partial charge in [0.1, 0.15) is 0 Å². The number of Topliss-reactive ketones (excluding diaryl/α,β-unsaturated/α-hetero) is 2. The largest absolute Gasteiger partial charge is 0.364 e. The SMILES string of the molecule is C=C(C(NC(=O)NC)C1Cc2ccccc2C1)N1CCCC1C(C)=O.C=C(C)C(CC1CC1)C(=O)C(N)=O.CC.CCC.CCC. The average Bonchev–Trinajstić information content (AvgIpc) is 3.52. The molecule has 0 bridgehead atoms. The number of carbonyl (C=O) groups excluding carboxylic acids is 4. The minimum absolute atomic E-state index is 0.106. The van der Waals surface area contributed by atoms with E-state index in [1.165, 1.54) is 24.0 Å². The van der Waals surface area contributed by atoms with E-state index in [9.17, 15) is 19.2 Å². The van der Waals surface area contributed by atoms with E-state index in [-0.39, 0.29) is 35.7 Å². The fourth-order valence-corrected chi connectivity index (χ4v) is 5.62. The van der Waals surface area contributed by atoms with E-state index in [2.05, 4.69) is 80.7 Å². The molecule has 8 heteroatoms. The molecular weight excluding hydrogens is 576 g/mol. The van der Waals surface area contributed by atoms with Gasteiger partial charge in [-0.3, -0.25) is 14.4 Å². The normalized spacial score (nSPS) is 17.3.